The van der Waals surface area contributed by atoms with Crippen molar-refractivity contribution in [3.05, 3.63) is 66.0 Å². The van der Waals surface area contributed by atoms with Crippen molar-refractivity contribution in [3.63, 3.8) is 0 Å². The molecule has 1 amide bonds. The summed E-state index contributed by atoms with van der Waals surface area (Å²) in [6, 6.07) is 17.6. The highest BCUT2D eigenvalue weighted by molar-refractivity contribution is 7.99. The molecule has 0 saturated heterocycles. The zero-order chi connectivity index (χ0) is 19.1. The lowest BCUT2D eigenvalue weighted by Crippen LogP contribution is -2.23. The van der Waals surface area contributed by atoms with Crippen molar-refractivity contribution in [1.29, 1.82) is 0 Å². The van der Waals surface area contributed by atoms with E-state index in [1.807, 2.05) is 66.1 Å². The molecule has 0 bridgehead atoms. The molecule has 0 aliphatic carbocycles. The van der Waals surface area contributed by atoms with Crippen LogP contribution in [0.2, 0.25) is 0 Å². The summed E-state index contributed by atoms with van der Waals surface area (Å²) in [5.41, 5.74) is 1.98. The maximum Gasteiger partial charge on any atom is 0.221 e. The van der Waals surface area contributed by atoms with Crippen molar-refractivity contribution in [1.82, 2.24) is 20.1 Å². The molecule has 1 aromatic heterocycles. The summed E-state index contributed by atoms with van der Waals surface area (Å²) in [5.74, 6) is 2.22. The van der Waals surface area contributed by atoms with Crippen LogP contribution in [0.5, 0.6) is 5.75 Å². The maximum atomic E-state index is 12.2. The minimum Gasteiger partial charge on any atom is -0.496 e. The molecule has 0 unspecified atom stereocenters. The normalized spacial score (nSPS) is 10.6. The number of carbonyl (C=O) groups excluding carboxylic acids is 1. The number of aryl methyl sites for hydroxylation is 1. The van der Waals surface area contributed by atoms with E-state index in [1.54, 1.807) is 7.11 Å². The van der Waals surface area contributed by atoms with Crippen LogP contribution >= 0.6 is 11.8 Å². The third-order valence-electron chi connectivity index (χ3n) is 4.04. The Morgan fingerprint density at radius 1 is 1.11 bits per heavy atom. The summed E-state index contributed by atoms with van der Waals surface area (Å²) in [4.78, 5) is 12.2. The first-order chi connectivity index (χ1) is 13.2. The van der Waals surface area contributed by atoms with Gasteiger partial charge in [-0.1, -0.05) is 48.2 Å². The quantitative estimate of drug-likeness (QED) is 0.605. The molecule has 0 atom stereocenters. The van der Waals surface area contributed by atoms with Gasteiger partial charge in [0.2, 0.25) is 5.91 Å². The lowest BCUT2D eigenvalue weighted by molar-refractivity contribution is -0.120. The number of methoxy groups -OCH3 is 1. The molecule has 7 heteroatoms. The first-order valence-corrected chi connectivity index (χ1v) is 9.66. The number of amides is 1. The zero-order valence-corrected chi connectivity index (χ0v) is 16.2. The van der Waals surface area contributed by atoms with E-state index in [0.717, 1.165) is 28.0 Å². The fourth-order valence-electron chi connectivity index (χ4n) is 2.68. The molecular formula is C20H22N4O2S. The average Bonchev–Trinajstić information content (AvgIpc) is 3.07. The van der Waals surface area contributed by atoms with E-state index in [2.05, 4.69) is 15.5 Å². The largest absolute Gasteiger partial charge is 0.496 e. The number of benzene rings is 2. The van der Waals surface area contributed by atoms with Gasteiger partial charge in [0, 0.05) is 30.0 Å². The molecule has 140 valence electrons. The van der Waals surface area contributed by atoms with E-state index in [-0.39, 0.29) is 5.91 Å². The Bertz CT molecular complexity index is 896. The molecule has 0 spiro atoms. The molecule has 6 nitrogen and oxygen atoms in total. The monoisotopic (exact) mass is 382 g/mol. The molecule has 1 heterocycles. The number of para-hydroxylation sites is 2. The van der Waals surface area contributed by atoms with Crippen molar-refractivity contribution in [2.75, 3.05) is 12.9 Å². The van der Waals surface area contributed by atoms with Crippen LogP contribution in [0, 0.1) is 6.92 Å². The summed E-state index contributed by atoms with van der Waals surface area (Å²) < 4.78 is 7.30. The maximum absolute atomic E-state index is 12.2. The Balaban J connectivity index is 1.52. The Labute approximate surface area is 163 Å². The second-order valence-electron chi connectivity index (χ2n) is 5.89. The summed E-state index contributed by atoms with van der Waals surface area (Å²) in [6.45, 7) is 2.37. The van der Waals surface area contributed by atoms with Crippen LogP contribution in [0.4, 0.5) is 0 Å². The van der Waals surface area contributed by atoms with Crippen molar-refractivity contribution in [3.8, 4) is 11.4 Å². The zero-order valence-electron chi connectivity index (χ0n) is 15.4. The number of carbonyl (C=O) groups is 1. The van der Waals surface area contributed by atoms with E-state index >= 15 is 0 Å². The number of rotatable bonds is 8. The van der Waals surface area contributed by atoms with Gasteiger partial charge in [-0.2, -0.15) is 0 Å². The Morgan fingerprint density at radius 3 is 2.63 bits per heavy atom. The van der Waals surface area contributed by atoms with Gasteiger partial charge in [0.05, 0.1) is 7.11 Å². The fourth-order valence-corrected chi connectivity index (χ4v) is 3.61. The first kappa shape index (κ1) is 19.0. The highest BCUT2D eigenvalue weighted by atomic mass is 32.2. The molecule has 0 saturated carbocycles. The second kappa shape index (κ2) is 9.23. The fraction of sp³-hybridized carbons (Fsp3) is 0.250. The van der Waals surface area contributed by atoms with Crippen LogP contribution in [-0.2, 0) is 11.3 Å². The molecule has 3 rings (SSSR count). The van der Waals surface area contributed by atoms with Gasteiger partial charge < -0.3 is 10.1 Å². The number of nitrogens with one attached hydrogen (secondary N) is 1. The molecule has 0 radical (unpaired) electrons. The van der Waals surface area contributed by atoms with E-state index in [4.69, 9.17) is 4.74 Å². The predicted octanol–water partition coefficient (Wildman–Crippen LogP) is 3.38. The van der Waals surface area contributed by atoms with E-state index < -0.39 is 0 Å². The number of thioether (sulfide) groups is 1. The van der Waals surface area contributed by atoms with Gasteiger partial charge in [-0.25, -0.2) is 0 Å². The Hall–Kier alpha value is -2.80. The SMILES string of the molecule is COc1ccccc1CNC(=O)CCSc1nnc(C)n1-c1ccccc1. The molecule has 2 aromatic carbocycles. The number of nitrogens with zero attached hydrogens (tertiary/aromatic N) is 3. The summed E-state index contributed by atoms with van der Waals surface area (Å²) in [5, 5.41) is 12.1. The van der Waals surface area contributed by atoms with Gasteiger partial charge in [-0.15, -0.1) is 10.2 Å². The third-order valence-corrected chi connectivity index (χ3v) is 4.97. The lowest BCUT2D eigenvalue weighted by atomic mass is 10.2. The van der Waals surface area contributed by atoms with Crippen molar-refractivity contribution in [2.24, 2.45) is 0 Å². The van der Waals surface area contributed by atoms with Crippen molar-refractivity contribution in [2.45, 2.75) is 25.0 Å². The molecule has 3 aromatic rings. The Morgan fingerprint density at radius 2 is 1.85 bits per heavy atom. The number of ether oxygens (including phenoxy) is 1. The van der Waals surface area contributed by atoms with Crippen molar-refractivity contribution < 1.29 is 9.53 Å². The topological polar surface area (TPSA) is 69.0 Å². The van der Waals surface area contributed by atoms with Crippen LogP contribution in [0.3, 0.4) is 0 Å². The van der Waals surface area contributed by atoms with E-state index in [9.17, 15) is 4.79 Å². The van der Waals surface area contributed by atoms with Gasteiger partial charge >= 0.3 is 0 Å². The van der Waals surface area contributed by atoms with Crippen LogP contribution in [0.25, 0.3) is 5.69 Å². The molecular weight excluding hydrogens is 360 g/mol. The number of aromatic nitrogens is 3. The van der Waals surface area contributed by atoms with Crippen LogP contribution in [0.1, 0.15) is 17.8 Å². The van der Waals surface area contributed by atoms with Gasteiger partial charge in [0.15, 0.2) is 5.16 Å². The number of hydrogen-bond donors (Lipinski definition) is 1. The summed E-state index contributed by atoms with van der Waals surface area (Å²) in [6.07, 6.45) is 0.403. The molecule has 0 aliphatic heterocycles. The summed E-state index contributed by atoms with van der Waals surface area (Å²) in [7, 11) is 1.63. The van der Waals surface area contributed by atoms with E-state index in [1.165, 1.54) is 11.8 Å². The first-order valence-electron chi connectivity index (χ1n) is 8.68. The third kappa shape index (κ3) is 4.89. The average molecular weight is 382 g/mol. The van der Waals surface area contributed by atoms with E-state index in [0.29, 0.717) is 18.7 Å². The molecule has 0 fully saturated rings. The highest BCUT2D eigenvalue weighted by Gasteiger charge is 2.12. The minimum atomic E-state index is -0.00379. The van der Waals surface area contributed by atoms with Crippen LogP contribution < -0.4 is 10.1 Å². The molecule has 27 heavy (non-hydrogen) atoms. The molecule has 0 aliphatic rings. The lowest BCUT2D eigenvalue weighted by Gasteiger charge is -2.10. The highest BCUT2D eigenvalue weighted by Crippen LogP contribution is 2.22. The number of hydrogen-bond acceptors (Lipinski definition) is 5. The van der Waals surface area contributed by atoms with Crippen LogP contribution in [0.15, 0.2) is 59.8 Å². The van der Waals surface area contributed by atoms with Crippen LogP contribution in [-0.4, -0.2) is 33.5 Å². The van der Waals surface area contributed by atoms with Crippen molar-refractivity contribution >= 4 is 17.7 Å². The van der Waals surface area contributed by atoms with Gasteiger partial charge in [-0.05, 0) is 25.1 Å². The minimum absolute atomic E-state index is 0.00379. The van der Waals surface area contributed by atoms with Gasteiger partial charge in [0.25, 0.3) is 0 Å². The molecule has 1 N–H and O–H groups in total. The smallest absolute Gasteiger partial charge is 0.221 e. The van der Waals surface area contributed by atoms with Gasteiger partial charge in [-0.3, -0.25) is 9.36 Å². The summed E-state index contributed by atoms with van der Waals surface area (Å²) >= 11 is 1.52. The standard InChI is InChI=1S/C20H22N4O2S/c1-15-22-23-20(24(15)17-9-4-3-5-10-17)27-13-12-19(25)21-14-16-8-6-7-11-18(16)26-2/h3-11H,12-14H2,1-2H3,(H,21,25). The second-order valence-corrected chi connectivity index (χ2v) is 6.95. The Kier molecular flexibility index (Phi) is 6.49. The predicted molar refractivity (Wildman–Crippen MR) is 106 cm³/mol. The van der Waals surface area contributed by atoms with Gasteiger partial charge in [0.1, 0.15) is 11.6 Å².